The molecule has 96 valence electrons. The lowest BCUT2D eigenvalue weighted by Gasteiger charge is -2.24. The number of amides is 1. The van der Waals surface area contributed by atoms with E-state index in [2.05, 4.69) is 5.32 Å². The number of hydrogen-bond acceptors (Lipinski definition) is 3. The molecule has 18 heavy (non-hydrogen) atoms. The van der Waals surface area contributed by atoms with Gasteiger partial charge < -0.3 is 15.3 Å². The van der Waals surface area contributed by atoms with Crippen LogP contribution < -0.4 is 10.2 Å². The molecule has 1 aromatic carbocycles. The SMILES string of the molecule is O=C1CN(c2c(Cl)cccc2C(=O)O)CCCN1. The Hall–Kier alpha value is -1.75. The topological polar surface area (TPSA) is 69.6 Å². The molecule has 1 aromatic rings. The zero-order valence-electron chi connectivity index (χ0n) is 9.65. The summed E-state index contributed by atoms with van der Waals surface area (Å²) in [5, 5.41) is 12.3. The zero-order valence-corrected chi connectivity index (χ0v) is 10.4. The van der Waals surface area contributed by atoms with Gasteiger partial charge in [-0.1, -0.05) is 17.7 Å². The summed E-state index contributed by atoms with van der Waals surface area (Å²) in [5.41, 5.74) is 0.543. The third-order valence-corrected chi connectivity index (χ3v) is 3.10. The van der Waals surface area contributed by atoms with Crippen LogP contribution in [0, 0.1) is 0 Å². The molecule has 0 atom stereocenters. The Morgan fingerprint density at radius 3 is 2.94 bits per heavy atom. The summed E-state index contributed by atoms with van der Waals surface area (Å²) in [4.78, 5) is 24.4. The fraction of sp³-hybridized carbons (Fsp3) is 0.333. The summed E-state index contributed by atoms with van der Waals surface area (Å²) in [6.07, 6.45) is 0.760. The summed E-state index contributed by atoms with van der Waals surface area (Å²) in [5.74, 6) is -1.17. The first-order chi connectivity index (χ1) is 8.59. The minimum absolute atomic E-state index is 0.122. The number of carboxylic acids is 1. The van der Waals surface area contributed by atoms with Crippen molar-refractivity contribution < 1.29 is 14.7 Å². The normalized spacial score (nSPS) is 16.1. The van der Waals surface area contributed by atoms with Gasteiger partial charge in [0.25, 0.3) is 0 Å². The molecule has 5 nitrogen and oxygen atoms in total. The lowest BCUT2D eigenvalue weighted by atomic mass is 10.1. The van der Waals surface area contributed by atoms with E-state index in [4.69, 9.17) is 11.6 Å². The second-order valence-electron chi connectivity index (χ2n) is 4.07. The summed E-state index contributed by atoms with van der Waals surface area (Å²) >= 11 is 6.07. The molecule has 0 unspecified atom stereocenters. The maximum Gasteiger partial charge on any atom is 0.337 e. The van der Waals surface area contributed by atoms with E-state index < -0.39 is 5.97 Å². The average Bonchev–Trinajstić information content (AvgIpc) is 2.53. The highest BCUT2D eigenvalue weighted by atomic mass is 35.5. The van der Waals surface area contributed by atoms with Gasteiger partial charge in [0.1, 0.15) is 0 Å². The Kier molecular flexibility index (Phi) is 3.72. The van der Waals surface area contributed by atoms with E-state index in [0.717, 1.165) is 6.42 Å². The highest BCUT2D eigenvalue weighted by molar-refractivity contribution is 6.34. The van der Waals surface area contributed by atoms with Gasteiger partial charge in [0.15, 0.2) is 0 Å². The molecule has 6 heteroatoms. The van der Waals surface area contributed by atoms with Crippen LogP contribution in [0.3, 0.4) is 0 Å². The predicted molar refractivity (Wildman–Crippen MR) is 68.3 cm³/mol. The van der Waals surface area contributed by atoms with Crippen LogP contribution in [0.1, 0.15) is 16.8 Å². The first-order valence-corrected chi connectivity index (χ1v) is 6.01. The van der Waals surface area contributed by atoms with Crippen LogP contribution in [0.4, 0.5) is 5.69 Å². The Morgan fingerprint density at radius 2 is 2.22 bits per heavy atom. The van der Waals surface area contributed by atoms with Crippen LogP contribution in [0.2, 0.25) is 5.02 Å². The third kappa shape index (κ3) is 2.56. The maximum absolute atomic E-state index is 11.5. The van der Waals surface area contributed by atoms with Gasteiger partial charge in [-0.05, 0) is 18.6 Å². The molecule has 0 aliphatic carbocycles. The van der Waals surface area contributed by atoms with Crippen molar-refractivity contribution in [3.8, 4) is 0 Å². The van der Waals surface area contributed by atoms with Crippen LogP contribution >= 0.6 is 11.6 Å². The molecule has 1 fully saturated rings. The van der Waals surface area contributed by atoms with E-state index in [1.165, 1.54) is 6.07 Å². The highest BCUT2D eigenvalue weighted by Crippen LogP contribution is 2.30. The number of nitrogens with one attached hydrogen (secondary N) is 1. The minimum atomic E-state index is -1.04. The molecular weight excluding hydrogens is 256 g/mol. The number of carbonyl (C=O) groups excluding carboxylic acids is 1. The fourth-order valence-corrected chi connectivity index (χ4v) is 2.30. The van der Waals surface area contributed by atoms with Gasteiger partial charge in [-0.3, -0.25) is 4.79 Å². The molecule has 0 radical (unpaired) electrons. The van der Waals surface area contributed by atoms with Crippen molar-refractivity contribution in [3.05, 3.63) is 28.8 Å². The van der Waals surface area contributed by atoms with Crippen molar-refractivity contribution in [1.29, 1.82) is 0 Å². The lowest BCUT2D eigenvalue weighted by Crippen LogP contribution is -2.34. The molecule has 0 spiro atoms. The van der Waals surface area contributed by atoms with Gasteiger partial charge in [-0.15, -0.1) is 0 Å². The number of carbonyl (C=O) groups is 2. The summed E-state index contributed by atoms with van der Waals surface area (Å²) < 4.78 is 0. The van der Waals surface area contributed by atoms with Crippen molar-refractivity contribution in [3.63, 3.8) is 0 Å². The minimum Gasteiger partial charge on any atom is -0.478 e. The highest BCUT2D eigenvalue weighted by Gasteiger charge is 2.22. The van der Waals surface area contributed by atoms with Crippen molar-refractivity contribution in [2.24, 2.45) is 0 Å². The predicted octanol–water partition coefficient (Wildman–Crippen LogP) is 1.36. The first kappa shape index (κ1) is 12.7. The van der Waals surface area contributed by atoms with Gasteiger partial charge in [0, 0.05) is 13.1 Å². The van der Waals surface area contributed by atoms with Gasteiger partial charge in [-0.2, -0.15) is 0 Å². The quantitative estimate of drug-likeness (QED) is 0.850. The van der Waals surface area contributed by atoms with Crippen LogP contribution in [-0.4, -0.2) is 36.6 Å². The average molecular weight is 269 g/mol. The van der Waals surface area contributed by atoms with Crippen molar-refractivity contribution >= 4 is 29.2 Å². The molecule has 2 rings (SSSR count). The van der Waals surface area contributed by atoms with E-state index in [1.807, 2.05) is 0 Å². The van der Waals surface area contributed by atoms with Crippen molar-refractivity contribution in [2.75, 3.05) is 24.5 Å². The smallest absolute Gasteiger partial charge is 0.337 e. The van der Waals surface area contributed by atoms with Gasteiger partial charge in [-0.25, -0.2) is 4.79 Å². The van der Waals surface area contributed by atoms with Crippen LogP contribution in [0.15, 0.2) is 18.2 Å². The monoisotopic (exact) mass is 268 g/mol. The second-order valence-corrected chi connectivity index (χ2v) is 4.47. The standard InChI is InChI=1S/C12H13ClN2O3/c13-9-4-1-3-8(12(17)18)11(9)15-6-2-5-14-10(16)7-15/h1,3-4H,2,5-7H2,(H,14,16)(H,17,18). The van der Waals surface area contributed by atoms with E-state index >= 15 is 0 Å². The zero-order chi connectivity index (χ0) is 13.1. The third-order valence-electron chi connectivity index (χ3n) is 2.79. The molecule has 1 aliphatic rings. The van der Waals surface area contributed by atoms with Crippen LogP contribution in [0.5, 0.6) is 0 Å². The van der Waals surface area contributed by atoms with Gasteiger partial charge in [0.2, 0.25) is 5.91 Å². The number of benzene rings is 1. The number of aromatic carboxylic acids is 1. The Morgan fingerprint density at radius 1 is 1.44 bits per heavy atom. The number of rotatable bonds is 2. The number of para-hydroxylation sites is 1. The molecule has 2 N–H and O–H groups in total. The number of halogens is 1. The molecule has 0 aromatic heterocycles. The summed E-state index contributed by atoms with van der Waals surface area (Å²) in [6.45, 7) is 1.33. The number of hydrogen-bond donors (Lipinski definition) is 2. The Balaban J connectivity index is 2.42. The second kappa shape index (κ2) is 5.27. The van der Waals surface area contributed by atoms with E-state index in [1.54, 1.807) is 17.0 Å². The van der Waals surface area contributed by atoms with Crippen LogP contribution in [0.25, 0.3) is 0 Å². The van der Waals surface area contributed by atoms with Gasteiger partial charge >= 0.3 is 5.97 Å². The maximum atomic E-state index is 11.5. The molecule has 1 saturated heterocycles. The van der Waals surface area contributed by atoms with Crippen LogP contribution in [-0.2, 0) is 4.79 Å². The van der Waals surface area contributed by atoms with E-state index in [-0.39, 0.29) is 18.0 Å². The molecule has 1 heterocycles. The molecule has 1 amide bonds. The van der Waals surface area contributed by atoms with Crippen molar-refractivity contribution in [1.82, 2.24) is 5.32 Å². The van der Waals surface area contributed by atoms with Gasteiger partial charge in [0.05, 0.1) is 22.8 Å². The number of nitrogens with zero attached hydrogens (tertiary/aromatic N) is 1. The number of carboxylic acid groups (broad SMARTS) is 1. The lowest BCUT2D eigenvalue weighted by molar-refractivity contribution is -0.119. The fourth-order valence-electron chi connectivity index (χ4n) is 2.01. The Labute approximate surface area is 109 Å². The Bertz CT molecular complexity index is 490. The van der Waals surface area contributed by atoms with E-state index in [0.29, 0.717) is 23.8 Å². The molecular formula is C12H13ClN2O3. The largest absolute Gasteiger partial charge is 0.478 e. The number of anilines is 1. The molecule has 0 bridgehead atoms. The first-order valence-electron chi connectivity index (χ1n) is 5.63. The van der Waals surface area contributed by atoms with E-state index in [9.17, 15) is 14.7 Å². The molecule has 0 saturated carbocycles. The summed E-state index contributed by atoms with van der Waals surface area (Å²) in [7, 11) is 0. The molecule has 1 aliphatic heterocycles. The summed E-state index contributed by atoms with van der Waals surface area (Å²) in [6, 6.07) is 4.71. The van der Waals surface area contributed by atoms with Crippen molar-refractivity contribution in [2.45, 2.75) is 6.42 Å².